The highest BCUT2D eigenvalue weighted by Crippen LogP contribution is 2.14. The van der Waals surface area contributed by atoms with Crippen molar-refractivity contribution < 1.29 is 14.3 Å². The summed E-state index contributed by atoms with van der Waals surface area (Å²) < 4.78 is 5.04. The predicted molar refractivity (Wildman–Crippen MR) is 94.8 cm³/mol. The number of para-hydroxylation sites is 1. The maximum absolute atomic E-state index is 11.8. The van der Waals surface area contributed by atoms with Crippen LogP contribution in [-0.2, 0) is 22.7 Å². The molecule has 3 aromatic rings. The summed E-state index contributed by atoms with van der Waals surface area (Å²) in [6, 6.07) is 19.2. The lowest BCUT2D eigenvalue weighted by atomic mass is 10.2. The minimum Gasteiger partial charge on any atom is -0.445 e. The van der Waals surface area contributed by atoms with Crippen molar-refractivity contribution in [1.29, 1.82) is 0 Å². The molecule has 0 aliphatic rings. The molecule has 0 saturated carbocycles. The first-order chi connectivity index (χ1) is 12.2. The summed E-state index contributed by atoms with van der Waals surface area (Å²) in [4.78, 5) is 26.6. The number of alkyl carbamates (subject to hydrolysis) is 1. The van der Waals surface area contributed by atoms with E-state index >= 15 is 0 Å². The van der Waals surface area contributed by atoms with Gasteiger partial charge in [-0.15, -0.1) is 0 Å². The number of aromatic amines is 1. The Morgan fingerprint density at radius 1 is 0.960 bits per heavy atom. The second-order valence-electron chi connectivity index (χ2n) is 5.57. The van der Waals surface area contributed by atoms with Crippen molar-refractivity contribution in [2.24, 2.45) is 0 Å². The zero-order valence-corrected chi connectivity index (χ0v) is 13.6. The topological polar surface area (TPSA) is 83.2 Å². The van der Waals surface area contributed by atoms with E-state index in [2.05, 4.69) is 15.6 Å². The molecule has 2 amide bonds. The van der Waals surface area contributed by atoms with Gasteiger partial charge in [0.15, 0.2) is 0 Å². The maximum Gasteiger partial charge on any atom is 0.407 e. The van der Waals surface area contributed by atoms with Gasteiger partial charge in [-0.1, -0.05) is 48.5 Å². The Morgan fingerprint density at radius 2 is 1.72 bits per heavy atom. The fraction of sp³-hybridized carbons (Fsp3) is 0.158. The molecular weight excluding hydrogens is 318 g/mol. The molecule has 128 valence electrons. The van der Waals surface area contributed by atoms with Crippen molar-refractivity contribution in [3.8, 4) is 0 Å². The number of hydrogen-bond acceptors (Lipinski definition) is 3. The minimum atomic E-state index is -0.621. The number of aromatic nitrogens is 1. The third kappa shape index (κ3) is 4.84. The number of nitrogens with one attached hydrogen (secondary N) is 3. The molecule has 3 N–H and O–H groups in total. The first-order valence-corrected chi connectivity index (χ1v) is 7.98. The fourth-order valence-electron chi connectivity index (χ4n) is 2.41. The van der Waals surface area contributed by atoms with Gasteiger partial charge < -0.3 is 20.4 Å². The molecule has 0 bridgehead atoms. The number of H-pyrrole nitrogens is 1. The van der Waals surface area contributed by atoms with E-state index in [0.29, 0.717) is 6.54 Å². The van der Waals surface area contributed by atoms with Crippen molar-refractivity contribution in [2.45, 2.75) is 13.2 Å². The first-order valence-electron chi connectivity index (χ1n) is 7.98. The van der Waals surface area contributed by atoms with E-state index in [9.17, 15) is 9.59 Å². The Balaban J connectivity index is 1.38. The van der Waals surface area contributed by atoms with Gasteiger partial charge in [-0.05, 0) is 23.1 Å². The molecule has 0 aliphatic heterocycles. The Bertz CT molecular complexity index is 825. The smallest absolute Gasteiger partial charge is 0.407 e. The van der Waals surface area contributed by atoms with Gasteiger partial charge in [0.1, 0.15) is 13.2 Å². The number of rotatable bonds is 6. The zero-order valence-electron chi connectivity index (χ0n) is 13.6. The molecule has 0 unspecified atom stereocenters. The van der Waals surface area contributed by atoms with Gasteiger partial charge in [-0.3, -0.25) is 4.79 Å². The average Bonchev–Trinajstić information content (AvgIpc) is 3.07. The van der Waals surface area contributed by atoms with Crippen molar-refractivity contribution >= 4 is 22.9 Å². The van der Waals surface area contributed by atoms with Crippen LogP contribution in [0.4, 0.5) is 4.79 Å². The quantitative estimate of drug-likeness (QED) is 0.647. The van der Waals surface area contributed by atoms with Gasteiger partial charge in [0.05, 0.1) is 6.54 Å². The molecule has 0 saturated heterocycles. The summed E-state index contributed by atoms with van der Waals surface area (Å²) in [6.07, 6.45) is -0.621. The normalized spacial score (nSPS) is 10.4. The standard InChI is InChI=1S/C19H19N3O3/c23-18(12-21-19(24)25-13-14-6-2-1-3-7-14)20-11-16-10-15-8-4-5-9-17(15)22-16/h1-10,22H,11-13H2,(H,20,23)(H,21,24). The predicted octanol–water partition coefficient (Wildman–Crippen LogP) is 2.71. The van der Waals surface area contributed by atoms with Crippen LogP contribution >= 0.6 is 0 Å². The number of fused-ring (bicyclic) bond motifs is 1. The lowest BCUT2D eigenvalue weighted by Crippen LogP contribution is -2.36. The SMILES string of the molecule is O=C(CNC(=O)OCc1ccccc1)NCc1cc2ccccc2[nH]1. The summed E-state index contributed by atoms with van der Waals surface area (Å²) in [5.74, 6) is -0.282. The Hall–Kier alpha value is -3.28. The van der Waals surface area contributed by atoms with Gasteiger partial charge in [0.25, 0.3) is 0 Å². The number of ether oxygens (including phenoxy) is 1. The van der Waals surface area contributed by atoms with Crippen LogP contribution in [0.3, 0.4) is 0 Å². The van der Waals surface area contributed by atoms with Crippen molar-refractivity contribution in [2.75, 3.05) is 6.54 Å². The van der Waals surface area contributed by atoms with E-state index in [4.69, 9.17) is 4.74 Å². The largest absolute Gasteiger partial charge is 0.445 e. The molecule has 0 fully saturated rings. The highest BCUT2D eigenvalue weighted by atomic mass is 16.5. The van der Waals surface area contributed by atoms with Gasteiger partial charge in [0.2, 0.25) is 5.91 Å². The number of hydrogen-bond donors (Lipinski definition) is 3. The molecule has 0 radical (unpaired) electrons. The van der Waals surface area contributed by atoms with E-state index in [-0.39, 0.29) is 19.1 Å². The molecule has 0 aliphatic carbocycles. The van der Waals surface area contributed by atoms with E-state index < -0.39 is 6.09 Å². The van der Waals surface area contributed by atoms with Gasteiger partial charge in [0, 0.05) is 11.2 Å². The van der Waals surface area contributed by atoms with Gasteiger partial charge in [-0.25, -0.2) is 4.79 Å². The maximum atomic E-state index is 11.8. The number of amides is 2. The van der Waals surface area contributed by atoms with E-state index in [0.717, 1.165) is 22.2 Å². The van der Waals surface area contributed by atoms with Crippen molar-refractivity contribution in [3.05, 3.63) is 71.9 Å². The van der Waals surface area contributed by atoms with Crippen molar-refractivity contribution in [3.63, 3.8) is 0 Å². The zero-order chi connectivity index (χ0) is 17.5. The highest BCUT2D eigenvalue weighted by Gasteiger charge is 2.07. The molecule has 1 aromatic heterocycles. The molecular formula is C19H19N3O3. The highest BCUT2D eigenvalue weighted by molar-refractivity contribution is 5.83. The fourth-order valence-corrected chi connectivity index (χ4v) is 2.41. The summed E-state index contributed by atoms with van der Waals surface area (Å²) in [5.41, 5.74) is 2.82. The average molecular weight is 337 g/mol. The monoisotopic (exact) mass is 337 g/mol. The molecule has 0 atom stereocenters. The van der Waals surface area contributed by atoms with Gasteiger partial charge in [-0.2, -0.15) is 0 Å². The first kappa shape index (κ1) is 16.6. The van der Waals surface area contributed by atoms with Crippen LogP contribution in [0.15, 0.2) is 60.7 Å². The lowest BCUT2D eigenvalue weighted by molar-refractivity contribution is -0.120. The molecule has 2 aromatic carbocycles. The molecule has 0 spiro atoms. The van der Waals surface area contributed by atoms with Crippen molar-refractivity contribution in [1.82, 2.24) is 15.6 Å². The van der Waals surface area contributed by atoms with Crippen LogP contribution in [0.2, 0.25) is 0 Å². The van der Waals surface area contributed by atoms with E-state index in [1.807, 2.05) is 60.7 Å². The summed E-state index contributed by atoms with van der Waals surface area (Å²) in [7, 11) is 0. The Morgan fingerprint density at radius 3 is 2.52 bits per heavy atom. The lowest BCUT2D eigenvalue weighted by Gasteiger charge is -2.07. The Kier molecular flexibility index (Phi) is 5.31. The summed E-state index contributed by atoms with van der Waals surface area (Å²) in [6.45, 7) is 0.408. The number of carbonyl (C=O) groups excluding carboxylic acids is 2. The second kappa shape index (κ2) is 8.01. The molecule has 1 heterocycles. The van der Waals surface area contributed by atoms with E-state index in [1.54, 1.807) is 0 Å². The number of carbonyl (C=O) groups is 2. The van der Waals surface area contributed by atoms with E-state index in [1.165, 1.54) is 0 Å². The van der Waals surface area contributed by atoms with Crippen LogP contribution in [0, 0.1) is 0 Å². The molecule has 6 heteroatoms. The number of benzene rings is 2. The summed E-state index contributed by atoms with van der Waals surface area (Å²) in [5, 5.41) is 6.27. The summed E-state index contributed by atoms with van der Waals surface area (Å²) >= 11 is 0. The van der Waals surface area contributed by atoms with Crippen LogP contribution in [0.1, 0.15) is 11.3 Å². The van der Waals surface area contributed by atoms with Crippen LogP contribution < -0.4 is 10.6 Å². The minimum absolute atomic E-state index is 0.131. The molecule has 25 heavy (non-hydrogen) atoms. The Labute approximate surface area is 145 Å². The van der Waals surface area contributed by atoms with Gasteiger partial charge >= 0.3 is 6.09 Å². The van der Waals surface area contributed by atoms with Crippen LogP contribution in [-0.4, -0.2) is 23.5 Å². The second-order valence-corrected chi connectivity index (χ2v) is 5.57. The third-order valence-electron chi connectivity index (χ3n) is 3.67. The molecule has 3 rings (SSSR count). The third-order valence-corrected chi connectivity index (χ3v) is 3.67. The van der Waals surface area contributed by atoms with Crippen LogP contribution in [0.25, 0.3) is 10.9 Å². The molecule has 6 nitrogen and oxygen atoms in total. The van der Waals surface area contributed by atoms with Crippen LogP contribution in [0.5, 0.6) is 0 Å².